The number of carbonyl (C=O) groups is 1. The van der Waals surface area contributed by atoms with E-state index in [1.807, 2.05) is 24.3 Å². The maximum absolute atomic E-state index is 11.9. The van der Waals surface area contributed by atoms with Gasteiger partial charge in [-0.2, -0.15) is 0 Å². The van der Waals surface area contributed by atoms with Crippen LogP contribution in [0.4, 0.5) is 0 Å². The van der Waals surface area contributed by atoms with Crippen LogP contribution in [0.5, 0.6) is 5.75 Å². The molecule has 1 aromatic carbocycles. The molecule has 2 N–H and O–H groups in total. The Kier molecular flexibility index (Phi) is 7.36. The van der Waals surface area contributed by atoms with Crippen LogP contribution in [-0.2, 0) is 16.1 Å². The Morgan fingerprint density at radius 2 is 2.17 bits per heavy atom. The molecule has 1 aliphatic carbocycles. The van der Waals surface area contributed by atoms with Gasteiger partial charge in [0.15, 0.2) is 0 Å². The zero-order valence-corrected chi connectivity index (χ0v) is 13.8. The molecule has 0 aromatic heterocycles. The molecule has 128 valence electrons. The fraction of sp³-hybridized carbons (Fsp3) is 0.611. The summed E-state index contributed by atoms with van der Waals surface area (Å²) in [5.74, 6) is 1.26. The summed E-state index contributed by atoms with van der Waals surface area (Å²) < 4.78 is 11.2. The van der Waals surface area contributed by atoms with Crippen LogP contribution >= 0.6 is 0 Å². The van der Waals surface area contributed by atoms with E-state index in [1.54, 1.807) is 0 Å². The van der Waals surface area contributed by atoms with E-state index in [0.29, 0.717) is 18.2 Å². The smallest absolute Gasteiger partial charge is 0.246 e. The van der Waals surface area contributed by atoms with Crippen molar-refractivity contribution in [3.05, 3.63) is 29.8 Å². The van der Waals surface area contributed by atoms with Crippen LogP contribution in [0.3, 0.4) is 0 Å². The lowest BCUT2D eigenvalue weighted by atomic mass is 9.89. The Bertz CT molecular complexity index is 492. The number of nitrogens with one attached hydrogen (secondary N) is 1. The Balaban J connectivity index is 1.73. The molecular weight excluding hydrogens is 294 g/mol. The number of aliphatic hydroxyl groups is 1. The van der Waals surface area contributed by atoms with Gasteiger partial charge in [0.1, 0.15) is 19.0 Å². The lowest BCUT2D eigenvalue weighted by molar-refractivity contribution is -0.128. The number of aliphatic hydroxyl groups excluding tert-OH is 1. The van der Waals surface area contributed by atoms with Crippen molar-refractivity contribution in [2.75, 3.05) is 19.8 Å². The first-order chi connectivity index (χ1) is 11.2. The van der Waals surface area contributed by atoms with Crippen LogP contribution in [0.1, 0.15) is 38.2 Å². The number of ether oxygens (including phenoxy) is 2. The summed E-state index contributed by atoms with van der Waals surface area (Å²) in [4.78, 5) is 11.9. The molecule has 0 heterocycles. The van der Waals surface area contributed by atoms with Crippen LogP contribution in [0.15, 0.2) is 24.3 Å². The van der Waals surface area contributed by atoms with E-state index in [4.69, 9.17) is 14.6 Å². The fourth-order valence-corrected chi connectivity index (χ4v) is 2.91. The first-order valence-corrected chi connectivity index (χ1v) is 8.39. The zero-order chi connectivity index (χ0) is 16.5. The van der Waals surface area contributed by atoms with Crippen molar-refractivity contribution in [1.82, 2.24) is 5.32 Å². The van der Waals surface area contributed by atoms with Crippen molar-refractivity contribution in [3.8, 4) is 5.75 Å². The van der Waals surface area contributed by atoms with E-state index in [2.05, 4.69) is 12.2 Å². The Hall–Kier alpha value is -1.59. The predicted octanol–water partition coefficient (Wildman–Crippen LogP) is 2.27. The van der Waals surface area contributed by atoms with Gasteiger partial charge in [0.05, 0.1) is 12.7 Å². The number of hydrogen-bond donors (Lipinski definition) is 2. The largest absolute Gasteiger partial charge is 0.491 e. The van der Waals surface area contributed by atoms with Crippen LogP contribution in [-0.4, -0.2) is 36.9 Å². The third-order valence-corrected chi connectivity index (χ3v) is 4.14. The minimum Gasteiger partial charge on any atom is -0.491 e. The van der Waals surface area contributed by atoms with Gasteiger partial charge < -0.3 is 19.9 Å². The van der Waals surface area contributed by atoms with Crippen molar-refractivity contribution >= 4 is 5.91 Å². The van der Waals surface area contributed by atoms with Crippen molar-refractivity contribution in [1.29, 1.82) is 0 Å². The normalized spacial score (nSPS) is 21.0. The van der Waals surface area contributed by atoms with E-state index < -0.39 is 0 Å². The van der Waals surface area contributed by atoms with Crippen LogP contribution in [0.25, 0.3) is 0 Å². The summed E-state index contributed by atoms with van der Waals surface area (Å²) in [6, 6.07) is 7.49. The first-order valence-electron chi connectivity index (χ1n) is 8.39. The van der Waals surface area contributed by atoms with Gasteiger partial charge in [-0.05, 0) is 24.8 Å². The quantitative estimate of drug-likeness (QED) is 0.771. The average Bonchev–Trinajstić information content (AvgIpc) is 2.57. The molecular formula is C18H27NO4. The monoisotopic (exact) mass is 321 g/mol. The third kappa shape index (κ3) is 6.20. The van der Waals surface area contributed by atoms with Crippen molar-refractivity contribution in [2.45, 2.75) is 45.3 Å². The molecule has 1 aliphatic rings. The molecule has 1 aromatic rings. The van der Waals surface area contributed by atoms with E-state index >= 15 is 0 Å². The first kappa shape index (κ1) is 17.8. The zero-order valence-electron chi connectivity index (χ0n) is 13.8. The Morgan fingerprint density at radius 1 is 1.35 bits per heavy atom. The molecule has 2 rings (SSSR count). The molecule has 0 bridgehead atoms. The number of carbonyl (C=O) groups excluding carboxylic acids is 1. The molecule has 5 nitrogen and oxygen atoms in total. The number of amides is 1. The second-order valence-corrected chi connectivity index (χ2v) is 6.16. The highest BCUT2D eigenvalue weighted by Gasteiger charge is 2.20. The van der Waals surface area contributed by atoms with Crippen LogP contribution in [0, 0.1) is 5.92 Å². The molecule has 0 saturated heterocycles. The summed E-state index contributed by atoms with van der Waals surface area (Å²) in [5, 5.41) is 11.7. The molecule has 1 fully saturated rings. The van der Waals surface area contributed by atoms with Gasteiger partial charge in [-0.25, -0.2) is 0 Å². The van der Waals surface area contributed by atoms with Gasteiger partial charge >= 0.3 is 0 Å². The van der Waals surface area contributed by atoms with Crippen molar-refractivity contribution < 1.29 is 19.4 Å². The number of rotatable bonds is 8. The van der Waals surface area contributed by atoms with Gasteiger partial charge in [-0.3, -0.25) is 4.79 Å². The summed E-state index contributed by atoms with van der Waals surface area (Å²) in [6.07, 6.45) is 4.75. The highest BCUT2D eigenvalue weighted by molar-refractivity contribution is 5.77. The molecule has 1 saturated carbocycles. The molecule has 23 heavy (non-hydrogen) atoms. The molecule has 1 amide bonds. The van der Waals surface area contributed by atoms with Gasteiger partial charge in [0.25, 0.3) is 0 Å². The molecule has 0 unspecified atom stereocenters. The second-order valence-electron chi connectivity index (χ2n) is 6.16. The van der Waals surface area contributed by atoms with Gasteiger partial charge in [0, 0.05) is 12.1 Å². The lowest BCUT2D eigenvalue weighted by Crippen LogP contribution is -2.31. The average molecular weight is 321 g/mol. The summed E-state index contributed by atoms with van der Waals surface area (Å²) in [7, 11) is 0. The number of benzene rings is 1. The third-order valence-electron chi connectivity index (χ3n) is 4.14. The Morgan fingerprint density at radius 3 is 2.96 bits per heavy atom. The highest BCUT2D eigenvalue weighted by Crippen LogP contribution is 2.25. The highest BCUT2D eigenvalue weighted by atomic mass is 16.5. The minimum absolute atomic E-state index is 0.0334. The SMILES string of the molecule is C[C@@H]1CCC[C@H](OCC(=O)NCc2ccccc2OCCO)C1. The molecule has 0 radical (unpaired) electrons. The minimum atomic E-state index is -0.111. The summed E-state index contributed by atoms with van der Waals surface area (Å²) >= 11 is 0. The lowest BCUT2D eigenvalue weighted by Gasteiger charge is -2.26. The van der Waals surface area contributed by atoms with E-state index in [-0.39, 0.29) is 31.8 Å². The predicted molar refractivity (Wildman–Crippen MR) is 88.2 cm³/mol. The van der Waals surface area contributed by atoms with E-state index in [1.165, 1.54) is 12.8 Å². The van der Waals surface area contributed by atoms with Gasteiger partial charge in [0.2, 0.25) is 5.91 Å². The van der Waals surface area contributed by atoms with Crippen LogP contribution < -0.4 is 10.1 Å². The molecule has 0 spiro atoms. The Labute approximate surface area is 138 Å². The van der Waals surface area contributed by atoms with E-state index in [9.17, 15) is 4.79 Å². The second kappa shape index (κ2) is 9.53. The number of para-hydroxylation sites is 1. The standard InChI is InChI=1S/C18H27NO4/c1-14-5-4-7-16(11-14)23-13-18(21)19-12-15-6-2-3-8-17(15)22-10-9-20/h2-3,6,8,14,16,20H,4-5,7,9-13H2,1H3,(H,19,21)/t14-,16+/m1/s1. The van der Waals surface area contributed by atoms with Crippen molar-refractivity contribution in [3.63, 3.8) is 0 Å². The maximum atomic E-state index is 11.9. The summed E-state index contributed by atoms with van der Waals surface area (Å²) in [6.45, 7) is 2.95. The van der Waals surface area contributed by atoms with Crippen molar-refractivity contribution in [2.24, 2.45) is 5.92 Å². The fourth-order valence-electron chi connectivity index (χ4n) is 2.91. The molecule has 2 atom stereocenters. The van der Waals surface area contributed by atoms with Crippen LogP contribution in [0.2, 0.25) is 0 Å². The van der Waals surface area contributed by atoms with Gasteiger partial charge in [-0.1, -0.05) is 38.0 Å². The molecule has 0 aliphatic heterocycles. The maximum Gasteiger partial charge on any atom is 0.246 e. The topological polar surface area (TPSA) is 67.8 Å². The molecule has 5 heteroatoms. The summed E-state index contributed by atoms with van der Waals surface area (Å²) in [5.41, 5.74) is 0.889. The number of hydrogen-bond acceptors (Lipinski definition) is 4. The van der Waals surface area contributed by atoms with E-state index in [0.717, 1.165) is 18.4 Å². The van der Waals surface area contributed by atoms with Gasteiger partial charge in [-0.15, -0.1) is 0 Å².